The summed E-state index contributed by atoms with van der Waals surface area (Å²) in [6.45, 7) is 6.58. The van der Waals surface area contributed by atoms with Gasteiger partial charge < -0.3 is 14.5 Å². The maximum atomic E-state index is 14.1. The van der Waals surface area contributed by atoms with E-state index in [0.29, 0.717) is 31.0 Å². The normalized spacial score (nSPS) is 13.6. The summed E-state index contributed by atoms with van der Waals surface area (Å²) in [5.74, 6) is 0.656. The third kappa shape index (κ3) is 7.30. The van der Waals surface area contributed by atoms with Gasteiger partial charge in [-0.25, -0.2) is 9.36 Å². The molecule has 1 saturated heterocycles. The van der Waals surface area contributed by atoms with Crippen LogP contribution in [0, 0.1) is 0 Å². The van der Waals surface area contributed by atoms with Crippen LogP contribution >= 0.6 is 11.3 Å². The smallest absolute Gasteiger partial charge is 0.332 e. The number of benzene rings is 4. The molecule has 7 nitrogen and oxygen atoms in total. The van der Waals surface area contributed by atoms with Crippen LogP contribution in [-0.4, -0.2) is 59.7 Å². The van der Waals surface area contributed by atoms with Gasteiger partial charge in [0.25, 0.3) is 5.56 Å². The molecule has 4 aromatic carbocycles. The van der Waals surface area contributed by atoms with Gasteiger partial charge in [0.05, 0.1) is 12.1 Å². The van der Waals surface area contributed by atoms with Gasteiger partial charge >= 0.3 is 6.03 Å². The molecule has 1 aliphatic heterocycles. The van der Waals surface area contributed by atoms with E-state index in [-0.39, 0.29) is 11.6 Å². The second-order valence-corrected chi connectivity index (χ2v) is 13.3. The van der Waals surface area contributed by atoms with Crippen LogP contribution in [0.4, 0.5) is 10.5 Å². The number of amides is 1. The van der Waals surface area contributed by atoms with Crippen LogP contribution in [0.5, 0.6) is 5.75 Å². The number of hydrogen-bond acceptors (Lipinski definition) is 6. The first-order valence-electron chi connectivity index (χ1n) is 16.7. The summed E-state index contributed by atoms with van der Waals surface area (Å²) in [5, 5.41) is 4.35. The summed E-state index contributed by atoms with van der Waals surface area (Å²) in [6.07, 6.45) is 1.97. The number of pyridine rings is 1. The fourth-order valence-corrected chi connectivity index (χ4v) is 7.34. The van der Waals surface area contributed by atoms with Gasteiger partial charge in [0, 0.05) is 67.2 Å². The van der Waals surface area contributed by atoms with E-state index in [1.165, 1.54) is 26.4 Å². The first kappa shape index (κ1) is 31.7. The fraction of sp³-hybridized carbons (Fsp3) is 0.250. The lowest BCUT2D eigenvalue weighted by molar-refractivity contribution is 0.194. The van der Waals surface area contributed by atoms with Crippen LogP contribution in [0.1, 0.15) is 24.0 Å². The average molecular weight is 657 g/mol. The van der Waals surface area contributed by atoms with Crippen molar-refractivity contribution in [2.45, 2.75) is 25.9 Å². The van der Waals surface area contributed by atoms with E-state index >= 15 is 0 Å². The molecule has 0 bridgehead atoms. The predicted octanol–water partition coefficient (Wildman–Crippen LogP) is 7.87. The van der Waals surface area contributed by atoms with Crippen molar-refractivity contribution in [1.82, 2.24) is 14.4 Å². The first-order valence-corrected chi connectivity index (χ1v) is 17.6. The van der Waals surface area contributed by atoms with Crippen LogP contribution in [0.25, 0.3) is 21.0 Å². The summed E-state index contributed by atoms with van der Waals surface area (Å²) in [5.41, 5.74) is 3.54. The van der Waals surface area contributed by atoms with Crippen molar-refractivity contribution in [2.24, 2.45) is 0 Å². The van der Waals surface area contributed by atoms with Crippen LogP contribution in [0.15, 0.2) is 125 Å². The van der Waals surface area contributed by atoms with Crippen LogP contribution in [0.2, 0.25) is 0 Å². The van der Waals surface area contributed by atoms with Crippen molar-refractivity contribution >= 4 is 44.0 Å². The number of unbranched alkanes of at least 4 members (excludes halogenated alkanes) is 1. The van der Waals surface area contributed by atoms with E-state index in [2.05, 4.69) is 39.4 Å². The summed E-state index contributed by atoms with van der Waals surface area (Å²) in [4.78, 5) is 34.2. The van der Waals surface area contributed by atoms with Crippen molar-refractivity contribution in [3.63, 3.8) is 0 Å². The molecule has 0 atom stereocenters. The lowest BCUT2D eigenvalue weighted by Gasteiger charge is -2.36. The Morgan fingerprint density at radius 2 is 1.46 bits per heavy atom. The molecular formula is C40H40N4O3S. The molecule has 3 heterocycles. The van der Waals surface area contributed by atoms with Crippen molar-refractivity contribution < 1.29 is 9.53 Å². The third-order valence-corrected chi connectivity index (χ3v) is 9.97. The zero-order valence-electron chi connectivity index (χ0n) is 27.0. The molecule has 2 aromatic heterocycles. The minimum absolute atomic E-state index is 0.358. The Labute approximate surface area is 285 Å². The van der Waals surface area contributed by atoms with Crippen molar-refractivity contribution in [2.75, 3.05) is 44.2 Å². The van der Waals surface area contributed by atoms with Gasteiger partial charge in [-0.3, -0.25) is 9.69 Å². The number of nitrogens with zero attached hydrogens (tertiary/aromatic N) is 4. The molecule has 0 aliphatic carbocycles. The van der Waals surface area contributed by atoms with E-state index in [0.717, 1.165) is 62.1 Å². The van der Waals surface area contributed by atoms with Gasteiger partial charge in [0.1, 0.15) is 5.75 Å². The quantitative estimate of drug-likeness (QED) is 0.133. The largest absolute Gasteiger partial charge is 0.494 e. The molecule has 0 saturated carbocycles. The van der Waals surface area contributed by atoms with Crippen LogP contribution in [0.3, 0.4) is 0 Å². The maximum absolute atomic E-state index is 14.1. The molecule has 48 heavy (non-hydrogen) atoms. The Morgan fingerprint density at radius 3 is 2.19 bits per heavy atom. The number of rotatable bonds is 11. The Morgan fingerprint density at radius 1 is 0.750 bits per heavy atom. The number of thiophene rings is 1. The Hall–Kier alpha value is -4.92. The molecule has 0 radical (unpaired) electrons. The van der Waals surface area contributed by atoms with Crippen molar-refractivity contribution in [3.05, 3.63) is 142 Å². The van der Waals surface area contributed by atoms with Crippen LogP contribution < -0.4 is 15.2 Å². The highest BCUT2D eigenvalue weighted by Crippen LogP contribution is 2.31. The molecule has 1 fully saturated rings. The standard InChI is InChI=1S/C40H40N4O3S/c45-39-19-17-33-16-18-34(47-26-8-7-21-41-22-24-42(25-23-41)36-14-9-15-38-35(36)20-27-48-38)28-37(33)44(39)40(46)43(29-31-10-3-1-4-11-31)30-32-12-5-2-6-13-32/h1-6,9-20,27-28H,7-8,21-26,29-30H2. The number of piperazine rings is 1. The Balaban J connectivity index is 0.973. The lowest BCUT2D eigenvalue weighted by atomic mass is 10.1. The molecule has 0 spiro atoms. The minimum atomic E-state index is -0.359. The number of anilines is 1. The molecular weight excluding hydrogens is 617 g/mol. The molecule has 244 valence electrons. The van der Waals surface area contributed by atoms with Gasteiger partial charge in [0.2, 0.25) is 0 Å². The Kier molecular flexibility index (Phi) is 9.82. The maximum Gasteiger partial charge on any atom is 0.332 e. The fourth-order valence-electron chi connectivity index (χ4n) is 6.53. The van der Waals surface area contributed by atoms with Gasteiger partial charge in [0.15, 0.2) is 0 Å². The second-order valence-electron chi connectivity index (χ2n) is 12.3. The summed E-state index contributed by atoms with van der Waals surface area (Å²) in [7, 11) is 0. The van der Waals surface area contributed by atoms with E-state index in [4.69, 9.17) is 4.74 Å². The van der Waals surface area contributed by atoms with E-state index in [1.54, 1.807) is 22.3 Å². The number of carbonyl (C=O) groups is 1. The van der Waals surface area contributed by atoms with Crippen molar-refractivity contribution in [3.8, 4) is 5.75 Å². The van der Waals surface area contributed by atoms with Gasteiger partial charge in [-0.2, -0.15) is 0 Å². The molecule has 6 aromatic rings. The van der Waals surface area contributed by atoms with Crippen molar-refractivity contribution in [1.29, 1.82) is 0 Å². The lowest BCUT2D eigenvalue weighted by Crippen LogP contribution is -2.46. The summed E-state index contributed by atoms with van der Waals surface area (Å²) < 4.78 is 8.81. The topological polar surface area (TPSA) is 58.0 Å². The number of carbonyl (C=O) groups excluding carboxylic acids is 1. The summed E-state index contributed by atoms with van der Waals surface area (Å²) in [6, 6.07) is 37.1. The molecule has 7 rings (SSSR count). The molecule has 0 N–H and O–H groups in total. The molecule has 8 heteroatoms. The number of fused-ring (bicyclic) bond motifs is 2. The monoisotopic (exact) mass is 656 g/mol. The predicted molar refractivity (Wildman–Crippen MR) is 196 cm³/mol. The number of aromatic nitrogens is 1. The highest BCUT2D eigenvalue weighted by molar-refractivity contribution is 7.17. The average Bonchev–Trinajstić information content (AvgIpc) is 3.62. The van der Waals surface area contributed by atoms with E-state index in [1.807, 2.05) is 78.9 Å². The molecule has 1 amide bonds. The van der Waals surface area contributed by atoms with E-state index in [9.17, 15) is 9.59 Å². The zero-order valence-corrected chi connectivity index (χ0v) is 27.9. The summed E-state index contributed by atoms with van der Waals surface area (Å²) >= 11 is 1.80. The Bertz CT molecular complexity index is 1990. The minimum Gasteiger partial charge on any atom is -0.494 e. The van der Waals surface area contributed by atoms with E-state index < -0.39 is 0 Å². The highest BCUT2D eigenvalue weighted by atomic mass is 32.1. The SMILES string of the molecule is O=C(N(Cc1ccccc1)Cc1ccccc1)n1c(=O)ccc2ccc(OCCCCN3CCN(c4cccc5sccc45)CC3)cc21. The van der Waals surface area contributed by atoms with Crippen LogP contribution in [-0.2, 0) is 13.1 Å². The first-order chi connectivity index (χ1) is 23.6. The van der Waals surface area contributed by atoms with Gasteiger partial charge in [-0.15, -0.1) is 11.3 Å². The van der Waals surface area contributed by atoms with Gasteiger partial charge in [-0.05, 0) is 77.7 Å². The highest BCUT2D eigenvalue weighted by Gasteiger charge is 2.21. The number of ether oxygens (including phenoxy) is 1. The zero-order chi connectivity index (χ0) is 32.7. The number of hydrogen-bond donors (Lipinski definition) is 0. The second kappa shape index (κ2) is 14.9. The van der Waals surface area contributed by atoms with Gasteiger partial charge in [-0.1, -0.05) is 66.7 Å². The third-order valence-electron chi connectivity index (χ3n) is 9.09. The molecule has 1 aliphatic rings. The molecule has 0 unspecified atom stereocenters.